The van der Waals surface area contributed by atoms with Gasteiger partial charge in [0.15, 0.2) is 6.61 Å². The molecule has 21 heavy (non-hydrogen) atoms. The molecule has 0 aliphatic heterocycles. The van der Waals surface area contributed by atoms with Gasteiger partial charge in [0.2, 0.25) is 0 Å². The average Bonchev–Trinajstić information content (AvgIpc) is 3.15. The van der Waals surface area contributed by atoms with Crippen molar-refractivity contribution in [3.63, 3.8) is 0 Å². The van der Waals surface area contributed by atoms with E-state index < -0.39 is 5.97 Å². The third kappa shape index (κ3) is 3.31. The molecule has 0 radical (unpaired) electrons. The maximum Gasteiger partial charge on any atom is 0.348 e. The molecule has 1 N–H and O–H groups in total. The molecule has 0 fully saturated rings. The zero-order valence-corrected chi connectivity index (χ0v) is 12.2. The molecule has 0 saturated carbocycles. The summed E-state index contributed by atoms with van der Waals surface area (Å²) in [5.74, 6) is -0.785. The number of rotatable bonds is 4. The van der Waals surface area contributed by atoms with Gasteiger partial charge in [-0.3, -0.25) is 4.79 Å². The van der Waals surface area contributed by atoms with Crippen LogP contribution in [0.5, 0.6) is 0 Å². The van der Waals surface area contributed by atoms with Crippen LogP contribution >= 0.6 is 11.3 Å². The standard InChI is InChI=1S/C16H15NO3S/c18-15(10-20-16(19)14-5-2-8-21-14)17-13-7-6-11-3-1-4-12(11)9-13/h2,5-9H,1,3-4,10H2,(H,17,18). The molecule has 2 aromatic rings. The quantitative estimate of drug-likeness (QED) is 0.883. The fraction of sp³-hybridized carbons (Fsp3) is 0.250. The summed E-state index contributed by atoms with van der Waals surface area (Å²) in [5.41, 5.74) is 3.41. The Bertz CT molecular complexity index is 664. The SMILES string of the molecule is O=C(COC(=O)c1cccs1)Nc1ccc2c(c1)CCC2. The van der Waals surface area contributed by atoms with Crippen molar-refractivity contribution in [2.75, 3.05) is 11.9 Å². The first kappa shape index (κ1) is 13.8. The number of hydrogen-bond donors (Lipinski definition) is 1. The van der Waals surface area contributed by atoms with Crippen molar-refractivity contribution in [1.29, 1.82) is 0 Å². The van der Waals surface area contributed by atoms with Gasteiger partial charge in [0.05, 0.1) is 0 Å². The second-order valence-electron chi connectivity index (χ2n) is 4.94. The molecule has 3 rings (SSSR count). The van der Waals surface area contributed by atoms with Crippen LogP contribution in [0.4, 0.5) is 5.69 Å². The summed E-state index contributed by atoms with van der Waals surface area (Å²) < 4.78 is 4.97. The monoisotopic (exact) mass is 301 g/mol. The van der Waals surface area contributed by atoms with E-state index in [1.807, 2.05) is 12.1 Å². The van der Waals surface area contributed by atoms with Gasteiger partial charge in [0.1, 0.15) is 4.88 Å². The molecule has 1 aromatic heterocycles. The minimum atomic E-state index is -0.464. The predicted octanol–water partition coefficient (Wildman–Crippen LogP) is 3.03. The zero-order valence-electron chi connectivity index (χ0n) is 11.4. The van der Waals surface area contributed by atoms with Crippen LogP contribution in [0.1, 0.15) is 27.2 Å². The Labute approximate surface area is 126 Å². The largest absolute Gasteiger partial charge is 0.451 e. The molecule has 108 valence electrons. The summed E-state index contributed by atoms with van der Waals surface area (Å²) in [5, 5.41) is 4.55. The van der Waals surface area contributed by atoms with Crippen molar-refractivity contribution in [3.8, 4) is 0 Å². The van der Waals surface area contributed by atoms with E-state index in [1.54, 1.807) is 17.5 Å². The Morgan fingerprint density at radius 3 is 2.86 bits per heavy atom. The zero-order chi connectivity index (χ0) is 14.7. The van der Waals surface area contributed by atoms with Gasteiger partial charge < -0.3 is 10.1 Å². The van der Waals surface area contributed by atoms with Gasteiger partial charge in [-0.2, -0.15) is 0 Å². The van der Waals surface area contributed by atoms with Crippen LogP contribution in [-0.4, -0.2) is 18.5 Å². The first-order valence-corrected chi connectivity index (χ1v) is 7.72. The Balaban J connectivity index is 1.53. The van der Waals surface area contributed by atoms with Crippen molar-refractivity contribution in [1.82, 2.24) is 0 Å². The number of benzene rings is 1. The molecule has 0 bridgehead atoms. The second-order valence-corrected chi connectivity index (χ2v) is 5.89. The molecule has 0 saturated heterocycles. The van der Waals surface area contributed by atoms with Crippen molar-refractivity contribution in [2.24, 2.45) is 0 Å². The smallest absolute Gasteiger partial charge is 0.348 e. The highest BCUT2D eigenvalue weighted by Crippen LogP contribution is 2.24. The first-order chi connectivity index (χ1) is 10.2. The Morgan fingerprint density at radius 2 is 2.05 bits per heavy atom. The highest BCUT2D eigenvalue weighted by Gasteiger charge is 2.13. The van der Waals surface area contributed by atoms with Gasteiger partial charge in [-0.05, 0) is 54.0 Å². The Kier molecular flexibility index (Phi) is 4.01. The fourth-order valence-electron chi connectivity index (χ4n) is 2.44. The van der Waals surface area contributed by atoms with Gasteiger partial charge in [0, 0.05) is 5.69 Å². The number of anilines is 1. The molecule has 1 heterocycles. The number of esters is 1. The van der Waals surface area contributed by atoms with Crippen LogP contribution in [-0.2, 0) is 22.4 Å². The Morgan fingerprint density at radius 1 is 1.19 bits per heavy atom. The lowest BCUT2D eigenvalue weighted by molar-refractivity contribution is -0.119. The molecule has 0 atom stereocenters. The molecule has 5 heteroatoms. The second kappa shape index (κ2) is 6.10. The normalized spacial score (nSPS) is 12.8. The number of amides is 1. The lowest BCUT2D eigenvalue weighted by Gasteiger charge is -2.08. The van der Waals surface area contributed by atoms with Gasteiger partial charge in [-0.25, -0.2) is 4.79 Å². The number of aryl methyl sites for hydroxylation is 2. The van der Waals surface area contributed by atoms with Crippen molar-refractivity contribution in [3.05, 3.63) is 51.7 Å². The summed E-state index contributed by atoms with van der Waals surface area (Å²) in [6.07, 6.45) is 3.35. The molecule has 0 spiro atoms. The minimum absolute atomic E-state index is 0.270. The highest BCUT2D eigenvalue weighted by atomic mass is 32.1. The molecule has 0 unspecified atom stereocenters. The molecular weight excluding hydrogens is 286 g/mol. The lowest BCUT2D eigenvalue weighted by Crippen LogP contribution is -2.20. The van der Waals surface area contributed by atoms with E-state index in [-0.39, 0.29) is 12.5 Å². The third-order valence-electron chi connectivity index (χ3n) is 3.44. The highest BCUT2D eigenvalue weighted by molar-refractivity contribution is 7.11. The number of carbonyl (C=O) groups excluding carboxylic acids is 2. The van der Waals surface area contributed by atoms with Crippen molar-refractivity contribution in [2.45, 2.75) is 19.3 Å². The fourth-order valence-corrected chi connectivity index (χ4v) is 3.06. The number of carbonyl (C=O) groups is 2. The van der Waals surface area contributed by atoms with E-state index in [9.17, 15) is 9.59 Å². The first-order valence-electron chi connectivity index (χ1n) is 6.84. The van der Waals surface area contributed by atoms with Crippen LogP contribution in [0.2, 0.25) is 0 Å². The van der Waals surface area contributed by atoms with Crippen LogP contribution in [0.3, 0.4) is 0 Å². The summed E-state index contributed by atoms with van der Waals surface area (Å²) in [6.45, 7) is -0.270. The maximum absolute atomic E-state index is 11.8. The molecule has 4 nitrogen and oxygen atoms in total. The topological polar surface area (TPSA) is 55.4 Å². The third-order valence-corrected chi connectivity index (χ3v) is 4.29. The summed E-state index contributed by atoms with van der Waals surface area (Å²) in [6, 6.07) is 9.39. The number of hydrogen-bond acceptors (Lipinski definition) is 4. The summed E-state index contributed by atoms with van der Waals surface area (Å²) >= 11 is 1.29. The van der Waals surface area contributed by atoms with Crippen molar-refractivity contribution < 1.29 is 14.3 Å². The van der Waals surface area contributed by atoms with Crippen molar-refractivity contribution >= 4 is 28.9 Å². The van der Waals surface area contributed by atoms with E-state index in [0.29, 0.717) is 4.88 Å². The van der Waals surface area contributed by atoms with Gasteiger partial charge in [-0.1, -0.05) is 12.1 Å². The van der Waals surface area contributed by atoms with E-state index in [0.717, 1.165) is 18.5 Å². The molecule has 1 aliphatic rings. The number of ether oxygens (including phenoxy) is 1. The van der Waals surface area contributed by atoms with E-state index in [1.165, 1.54) is 28.9 Å². The van der Waals surface area contributed by atoms with Gasteiger partial charge >= 0.3 is 5.97 Å². The molecule has 1 amide bonds. The van der Waals surface area contributed by atoms with Crippen LogP contribution in [0, 0.1) is 0 Å². The number of thiophene rings is 1. The molecule has 1 aliphatic carbocycles. The predicted molar refractivity (Wildman–Crippen MR) is 81.7 cm³/mol. The van der Waals surface area contributed by atoms with E-state index >= 15 is 0 Å². The molecule has 1 aromatic carbocycles. The average molecular weight is 301 g/mol. The summed E-state index contributed by atoms with van der Waals surface area (Å²) in [4.78, 5) is 23.9. The lowest BCUT2D eigenvalue weighted by atomic mass is 10.1. The minimum Gasteiger partial charge on any atom is -0.451 e. The molecular formula is C16H15NO3S. The maximum atomic E-state index is 11.8. The van der Waals surface area contributed by atoms with E-state index in [2.05, 4.69) is 11.4 Å². The Hall–Kier alpha value is -2.14. The van der Waals surface area contributed by atoms with E-state index in [4.69, 9.17) is 4.74 Å². The number of nitrogens with one attached hydrogen (secondary N) is 1. The summed E-state index contributed by atoms with van der Waals surface area (Å²) in [7, 11) is 0. The van der Waals surface area contributed by atoms with Gasteiger partial charge in [-0.15, -0.1) is 11.3 Å². The van der Waals surface area contributed by atoms with Gasteiger partial charge in [0.25, 0.3) is 5.91 Å². The number of fused-ring (bicyclic) bond motifs is 1. The van der Waals surface area contributed by atoms with Crippen LogP contribution < -0.4 is 5.32 Å². The van der Waals surface area contributed by atoms with Crippen LogP contribution in [0.25, 0.3) is 0 Å². The van der Waals surface area contributed by atoms with Crippen LogP contribution in [0.15, 0.2) is 35.7 Å².